The highest BCUT2D eigenvalue weighted by atomic mass is 32.2. The van der Waals surface area contributed by atoms with Crippen LogP contribution in [-0.4, -0.2) is 49.5 Å². The smallest absolute Gasteiger partial charge is 0.130 e. The molecule has 7 heteroatoms. The van der Waals surface area contributed by atoms with Crippen molar-refractivity contribution in [1.82, 2.24) is 0 Å². The first-order valence-corrected chi connectivity index (χ1v) is 8.38. The van der Waals surface area contributed by atoms with Gasteiger partial charge >= 0.3 is 0 Å². The van der Waals surface area contributed by atoms with Gasteiger partial charge in [0.25, 0.3) is 0 Å². The molecule has 112 valence electrons. The largest absolute Gasteiger partial charge is 0.371 e. The Kier molecular flexibility index (Phi) is 7.28. The molecule has 0 bridgehead atoms. The van der Waals surface area contributed by atoms with E-state index in [-0.39, 0.29) is 10.9 Å². The van der Waals surface area contributed by atoms with E-state index in [1.807, 2.05) is 0 Å². The van der Waals surface area contributed by atoms with Crippen LogP contribution in [0.3, 0.4) is 0 Å². The molecule has 0 radical (unpaired) electrons. The molecule has 2 heterocycles. The Balaban J connectivity index is 1.50. The quantitative estimate of drug-likeness (QED) is 0.312. The van der Waals surface area contributed by atoms with Gasteiger partial charge in [0.15, 0.2) is 0 Å². The third-order valence-electron chi connectivity index (χ3n) is 2.70. The molecule has 0 saturated carbocycles. The summed E-state index contributed by atoms with van der Waals surface area (Å²) in [4.78, 5) is 0. The fourth-order valence-electron chi connectivity index (χ4n) is 1.30. The Morgan fingerprint density at radius 2 is 1.37 bits per heavy atom. The monoisotopic (exact) mass is 310 g/mol. The molecule has 2 aliphatic rings. The average Bonchev–Trinajstić information content (AvgIpc) is 3.29. The van der Waals surface area contributed by atoms with Crippen molar-refractivity contribution in [2.45, 2.75) is 49.8 Å². The molecule has 0 spiro atoms. The third kappa shape index (κ3) is 7.17. The third-order valence-corrected chi connectivity index (χ3v) is 4.70. The molecule has 4 atom stereocenters. The van der Waals surface area contributed by atoms with E-state index in [9.17, 15) is 0 Å². The molecule has 5 nitrogen and oxygen atoms in total. The fraction of sp³-hybridized carbons (Fsp3) is 1.00. The van der Waals surface area contributed by atoms with E-state index in [4.69, 9.17) is 22.6 Å². The van der Waals surface area contributed by atoms with Gasteiger partial charge in [0, 0.05) is 24.1 Å². The minimum Gasteiger partial charge on any atom is -0.371 e. The summed E-state index contributed by atoms with van der Waals surface area (Å²) in [6, 6.07) is 0. The zero-order chi connectivity index (χ0) is 13.5. The van der Waals surface area contributed by atoms with Gasteiger partial charge in [-0.1, -0.05) is 13.8 Å². The molecule has 2 rings (SSSR count). The van der Waals surface area contributed by atoms with Gasteiger partial charge in [0.05, 0.1) is 26.4 Å². The molecule has 0 aromatic heterocycles. The number of hydrogen-bond acceptors (Lipinski definition) is 7. The normalized spacial score (nSPS) is 28.1. The molecular formula is C12H22O5S2. The van der Waals surface area contributed by atoms with Gasteiger partial charge in [-0.2, -0.15) is 0 Å². The zero-order valence-electron chi connectivity index (χ0n) is 11.4. The van der Waals surface area contributed by atoms with E-state index in [0.717, 1.165) is 26.1 Å². The second-order valence-corrected chi connectivity index (χ2v) is 6.49. The van der Waals surface area contributed by atoms with Crippen molar-refractivity contribution in [3.8, 4) is 0 Å². The van der Waals surface area contributed by atoms with Crippen LogP contribution in [0.2, 0.25) is 0 Å². The van der Waals surface area contributed by atoms with E-state index in [2.05, 4.69) is 13.8 Å². The van der Waals surface area contributed by atoms with E-state index >= 15 is 0 Å². The van der Waals surface area contributed by atoms with Crippen LogP contribution in [0.1, 0.15) is 26.7 Å². The first-order valence-electron chi connectivity index (χ1n) is 6.77. The molecule has 0 N–H and O–H groups in total. The molecule has 2 saturated heterocycles. The Hall–Kier alpha value is 0.500. The van der Waals surface area contributed by atoms with Crippen LogP contribution in [0, 0.1) is 0 Å². The van der Waals surface area contributed by atoms with Crippen LogP contribution < -0.4 is 0 Å². The standard InChI is InChI=1S/C12H22O5S2/c1-3-11(15-7-9-5-13-9)18-17-19-12(4-2)16-8-10-6-14-10/h9-12H,3-8H2,1-2H3. The van der Waals surface area contributed by atoms with Crippen molar-refractivity contribution >= 4 is 24.1 Å². The van der Waals surface area contributed by atoms with Crippen molar-refractivity contribution in [3.05, 3.63) is 0 Å². The van der Waals surface area contributed by atoms with Gasteiger partial charge in [-0.25, -0.2) is 3.63 Å². The van der Waals surface area contributed by atoms with Crippen LogP contribution in [0.5, 0.6) is 0 Å². The molecule has 0 aromatic carbocycles. The SMILES string of the molecule is CCC(OCC1CO1)SOSC(CC)OCC1CO1. The maximum Gasteiger partial charge on any atom is 0.130 e. The van der Waals surface area contributed by atoms with Crippen molar-refractivity contribution < 1.29 is 22.6 Å². The lowest BCUT2D eigenvalue weighted by Gasteiger charge is -2.17. The van der Waals surface area contributed by atoms with Crippen molar-refractivity contribution in [2.75, 3.05) is 26.4 Å². The number of epoxide rings is 2. The Morgan fingerprint density at radius 3 is 1.68 bits per heavy atom. The van der Waals surface area contributed by atoms with Crippen molar-refractivity contribution in [3.63, 3.8) is 0 Å². The summed E-state index contributed by atoms with van der Waals surface area (Å²) >= 11 is 2.72. The van der Waals surface area contributed by atoms with Crippen LogP contribution in [0.4, 0.5) is 0 Å². The second-order valence-electron chi connectivity index (χ2n) is 4.51. The lowest BCUT2D eigenvalue weighted by Crippen LogP contribution is -2.14. The van der Waals surface area contributed by atoms with E-state index in [1.165, 1.54) is 24.1 Å². The van der Waals surface area contributed by atoms with Gasteiger partial charge in [0.1, 0.15) is 23.1 Å². The lowest BCUT2D eigenvalue weighted by molar-refractivity contribution is 0.0890. The highest BCUT2D eigenvalue weighted by Crippen LogP contribution is 2.29. The second kappa shape index (κ2) is 8.71. The molecule has 2 fully saturated rings. The first kappa shape index (κ1) is 15.9. The van der Waals surface area contributed by atoms with E-state index in [1.54, 1.807) is 0 Å². The van der Waals surface area contributed by atoms with Gasteiger partial charge in [-0.3, -0.25) is 0 Å². The van der Waals surface area contributed by atoms with Gasteiger partial charge in [-0.05, 0) is 12.8 Å². The van der Waals surface area contributed by atoms with Crippen LogP contribution in [0.15, 0.2) is 0 Å². The van der Waals surface area contributed by atoms with E-state index in [0.29, 0.717) is 25.4 Å². The predicted octanol–water partition coefficient (Wildman–Crippen LogP) is 2.60. The van der Waals surface area contributed by atoms with E-state index < -0.39 is 0 Å². The number of ether oxygens (including phenoxy) is 4. The summed E-state index contributed by atoms with van der Waals surface area (Å²) in [6.45, 7) is 7.13. The minimum atomic E-state index is 0.0565. The zero-order valence-corrected chi connectivity index (χ0v) is 13.0. The highest BCUT2D eigenvalue weighted by molar-refractivity contribution is 8.08. The van der Waals surface area contributed by atoms with Gasteiger partial charge in [0.2, 0.25) is 0 Å². The molecule has 0 aliphatic carbocycles. The maximum atomic E-state index is 5.68. The molecule has 2 aliphatic heterocycles. The molecule has 0 amide bonds. The molecule has 19 heavy (non-hydrogen) atoms. The summed E-state index contributed by atoms with van der Waals surface area (Å²) in [6.07, 6.45) is 2.41. The van der Waals surface area contributed by atoms with Crippen LogP contribution >= 0.6 is 24.1 Å². The number of hydrogen-bond donors (Lipinski definition) is 0. The fourth-order valence-corrected chi connectivity index (χ4v) is 2.72. The Labute approximate surface area is 123 Å². The summed E-state index contributed by atoms with van der Waals surface area (Å²) < 4.78 is 27.1. The Morgan fingerprint density at radius 1 is 0.947 bits per heavy atom. The average molecular weight is 310 g/mol. The molecule has 4 unspecified atom stereocenters. The minimum absolute atomic E-state index is 0.0565. The van der Waals surface area contributed by atoms with Crippen LogP contribution in [0.25, 0.3) is 0 Å². The predicted molar refractivity (Wildman–Crippen MR) is 75.8 cm³/mol. The summed E-state index contributed by atoms with van der Waals surface area (Å²) in [5.74, 6) is 0. The lowest BCUT2D eigenvalue weighted by atomic mass is 10.5. The van der Waals surface area contributed by atoms with Crippen molar-refractivity contribution in [2.24, 2.45) is 0 Å². The van der Waals surface area contributed by atoms with Gasteiger partial charge < -0.3 is 18.9 Å². The van der Waals surface area contributed by atoms with Gasteiger partial charge in [-0.15, -0.1) is 0 Å². The molecule has 0 aromatic rings. The maximum absolute atomic E-state index is 5.68. The summed E-state index contributed by atoms with van der Waals surface area (Å²) in [5.41, 5.74) is 0.113. The topological polar surface area (TPSA) is 52.8 Å². The van der Waals surface area contributed by atoms with Crippen molar-refractivity contribution in [1.29, 1.82) is 0 Å². The Bertz CT molecular complexity index is 224. The molecular weight excluding hydrogens is 288 g/mol. The first-order chi connectivity index (χ1) is 9.31. The summed E-state index contributed by atoms with van der Waals surface area (Å²) in [7, 11) is 0. The van der Waals surface area contributed by atoms with Crippen LogP contribution in [-0.2, 0) is 22.6 Å². The number of rotatable bonds is 12. The summed E-state index contributed by atoms with van der Waals surface area (Å²) in [5, 5.41) is 0. The highest BCUT2D eigenvalue weighted by Gasteiger charge is 2.25.